The summed E-state index contributed by atoms with van der Waals surface area (Å²) in [6.07, 6.45) is 3.58. The number of aliphatic carboxylic acids is 1. The van der Waals surface area contributed by atoms with E-state index in [1.54, 1.807) is 29.9 Å². The summed E-state index contributed by atoms with van der Waals surface area (Å²) in [4.78, 5) is 24.2. The standard InChI is InChI=1S/C15H17N3O3/c1-2-17(11-14(19)20)15(21)13-6-4-12(5-7-13)10-18-9-3-8-16-18/h3-9H,2,10-11H2,1H3,(H,19,20). The van der Waals surface area contributed by atoms with E-state index in [1.165, 1.54) is 4.90 Å². The topological polar surface area (TPSA) is 75.4 Å². The van der Waals surface area contributed by atoms with Crippen LogP contribution in [0.25, 0.3) is 0 Å². The van der Waals surface area contributed by atoms with Gasteiger partial charge in [0.2, 0.25) is 0 Å². The molecule has 0 aliphatic carbocycles. The lowest BCUT2D eigenvalue weighted by molar-refractivity contribution is -0.137. The first-order valence-corrected chi connectivity index (χ1v) is 6.67. The minimum absolute atomic E-state index is 0.273. The molecule has 1 heterocycles. The minimum Gasteiger partial charge on any atom is -0.480 e. The Hall–Kier alpha value is -2.63. The molecule has 2 rings (SSSR count). The second-order valence-corrected chi connectivity index (χ2v) is 4.61. The van der Waals surface area contributed by atoms with Gasteiger partial charge in [-0.2, -0.15) is 5.10 Å². The number of benzene rings is 1. The first-order chi connectivity index (χ1) is 10.1. The van der Waals surface area contributed by atoms with E-state index in [1.807, 2.05) is 24.4 Å². The smallest absolute Gasteiger partial charge is 0.323 e. The summed E-state index contributed by atoms with van der Waals surface area (Å²) in [5.74, 6) is -1.29. The highest BCUT2D eigenvalue weighted by molar-refractivity contribution is 5.95. The van der Waals surface area contributed by atoms with Crippen LogP contribution in [-0.4, -0.2) is 44.8 Å². The molecule has 0 saturated carbocycles. The zero-order chi connectivity index (χ0) is 15.2. The molecule has 0 bridgehead atoms. The van der Waals surface area contributed by atoms with Crippen molar-refractivity contribution >= 4 is 11.9 Å². The van der Waals surface area contributed by atoms with Crippen molar-refractivity contribution < 1.29 is 14.7 Å². The Labute approximate surface area is 122 Å². The first-order valence-electron chi connectivity index (χ1n) is 6.67. The average Bonchev–Trinajstić information content (AvgIpc) is 2.97. The van der Waals surface area contributed by atoms with E-state index >= 15 is 0 Å². The Bertz CT molecular complexity index is 606. The number of amides is 1. The van der Waals surface area contributed by atoms with Crippen molar-refractivity contribution in [3.63, 3.8) is 0 Å². The Morgan fingerprint density at radius 1 is 1.29 bits per heavy atom. The maximum atomic E-state index is 12.2. The van der Waals surface area contributed by atoms with Gasteiger partial charge in [0, 0.05) is 24.5 Å². The van der Waals surface area contributed by atoms with Crippen molar-refractivity contribution in [3.8, 4) is 0 Å². The molecule has 1 amide bonds. The first kappa shape index (κ1) is 14.8. The highest BCUT2D eigenvalue weighted by Crippen LogP contribution is 2.09. The molecule has 6 heteroatoms. The van der Waals surface area contributed by atoms with Gasteiger partial charge in [0.25, 0.3) is 5.91 Å². The Balaban J connectivity index is 2.07. The van der Waals surface area contributed by atoms with Gasteiger partial charge in [0.05, 0.1) is 6.54 Å². The van der Waals surface area contributed by atoms with Crippen LogP contribution in [0.4, 0.5) is 0 Å². The molecule has 0 fully saturated rings. The number of carbonyl (C=O) groups is 2. The molecule has 0 atom stereocenters. The van der Waals surface area contributed by atoms with Gasteiger partial charge in [-0.3, -0.25) is 14.3 Å². The largest absolute Gasteiger partial charge is 0.480 e. The second-order valence-electron chi connectivity index (χ2n) is 4.61. The number of likely N-dealkylation sites (N-methyl/N-ethyl adjacent to an activating group) is 1. The van der Waals surface area contributed by atoms with Crippen molar-refractivity contribution in [1.82, 2.24) is 14.7 Å². The maximum Gasteiger partial charge on any atom is 0.323 e. The van der Waals surface area contributed by atoms with Crippen LogP contribution in [0.3, 0.4) is 0 Å². The van der Waals surface area contributed by atoms with Crippen LogP contribution >= 0.6 is 0 Å². The molecule has 0 saturated heterocycles. The highest BCUT2D eigenvalue weighted by atomic mass is 16.4. The molecule has 2 aromatic rings. The normalized spacial score (nSPS) is 10.3. The number of carboxylic acids is 1. The van der Waals surface area contributed by atoms with Crippen molar-refractivity contribution in [2.75, 3.05) is 13.1 Å². The van der Waals surface area contributed by atoms with Gasteiger partial charge in [0.15, 0.2) is 0 Å². The molecule has 1 aromatic heterocycles. The summed E-state index contributed by atoms with van der Waals surface area (Å²) in [6.45, 7) is 2.46. The third kappa shape index (κ3) is 3.92. The fourth-order valence-corrected chi connectivity index (χ4v) is 2.01. The zero-order valence-electron chi connectivity index (χ0n) is 11.8. The number of carbonyl (C=O) groups excluding carboxylic acids is 1. The number of hydrogen-bond donors (Lipinski definition) is 1. The molecule has 0 radical (unpaired) electrons. The molecule has 0 spiro atoms. The van der Waals surface area contributed by atoms with E-state index in [2.05, 4.69) is 5.10 Å². The number of hydrogen-bond acceptors (Lipinski definition) is 3. The van der Waals surface area contributed by atoms with Gasteiger partial charge in [0.1, 0.15) is 6.54 Å². The molecule has 6 nitrogen and oxygen atoms in total. The van der Waals surface area contributed by atoms with E-state index in [0.717, 1.165) is 5.56 Å². The summed E-state index contributed by atoms with van der Waals surface area (Å²) in [5, 5.41) is 12.9. The molecular formula is C15H17N3O3. The maximum absolute atomic E-state index is 12.2. The van der Waals surface area contributed by atoms with Crippen LogP contribution in [0.1, 0.15) is 22.8 Å². The highest BCUT2D eigenvalue weighted by Gasteiger charge is 2.16. The molecule has 0 aliphatic rings. The van der Waals surface area contributed by atoms with Crippen LogP contribution in [0.5, 0.6) is 0 Å². The number of aromatic nitrogens is 2. The lowest BCUT2D eigenvalue weighted by Gasteiger charge is -2.18. The van der Waals surface area contributed by atoms with Crippen LogP contribution in [0.2, 0.25) is 0 Å². The van der Waals surface area contributed by atoms with E-state index < -0.39 is 5.97 Å². The van der Waals surface area contributed by atoms with Gasteiger partial charge >= 0.3 is 5.97 Å². The van der Waals surface area contributed by atoms with E-state index in [0.29, 0.717) is 18.7 Å². The molecule has 0 aliphatic heterocycles. The number of carboxylic acid groups (broad SMARTS) is 1. The van der Waals surface area contributed by atoms with Gasteiger partial charge in [-0.1, -0.05) is 12.1 Å². The average molecular weight is 287 g/mol. The van der Waals surface area contributed by atoms with Gasteiger partial charge in [-0.05, 0) is 30.7 Å². The van der Waals surface area contributed by atoms with Crippen LogP contribution in [0.15, 0.2) is 42.7 Å². The fourth-order valence-electron chi connectivity index (χ4n) is 2.01. The summed E-state index contributed by atoms with van der Waals surface area (Å²) in [6, 6.07) is 8.98. The van der Waals surface area contributed by atoms with Crippen LogP contribution in [0, 0.1) is 0 Å². The predicted molar refractivity (Wildman–Crippen MR) is 77.0 cm³/mol. The van der Waals surface area contributed by atoms with E-state index in [4.69, 9.17) is 5.11 Å². The molecule has 1 aromatic carbocycles. The van der Waals surface area contributed by atoms with Gasteiger partial charge in [-0.25, -0.2) is 0 Å². The third-order valence-corrected chi connectivity index (χ3v) is 3.10. The SMILES string of the molecule is CCN(CC(=O)O)C(=O)c1ccc(Cn2cccn2)cc1. The van der Waals surface area contributed by atoms with E-state index in [-0.39, 0.29) is 12.5 Å². The summed E-state index contributed by atoms with van der Waals surface area (Å²) < 4.78 is 1.79. The predicted octanol–water partition coefficient (Wildman–Crippen LogP) is 1.48. The third-order valence-electron chi connectivity index (χ3n) is 3.10. The quantitative estimate of drug-likeness (QED) is 0.873. The Morgan fingerprint density at radius 2 is 2.00 bits per heavy atom. The second kappa shape index (κ2) is 6.69. The summed E-state index contributed by atoms with van der Waals surface area (Å²) in [5.41, 5.74) is 1.51. The van der Waals surface area contributed by atoms with E-state index in [9.17, 15) is 9.59 Å². The molecular weight excluding hydrogens is 270 g/mol. The molecule has 0 unspecified atom stereocenters. The van der Waals surface area contributed by atoms with Crippen molar-refractivity contribution in [1.29, 1.82) is 0 Å². The number of nitrogens with zero attached hydrogens (tertiary/aromatic N) is 3. The fraction of sp³-hybridized carbons (Fsp3) is 0.267. The monoisotopic (exact) mass is 287 g/mol. The molecule has 110 valence electrons. The zero-order valence-corrected chi connectivity index (χ0v) is 11.8. The minimum atomic E-state index is -1.01. The van der Waals surface area contributed by atoms with Crippen molar-refractivity contribution in [3.05, 3.63) is 53.9 Å². The van der Waals surface area contributed by atoms with Gasteiger partial charge in [-0.15, -0.1) is 0 Å². The van der Waals surface area contributed by atoms with Crippen LogP contribution in [-0.2, 0) is 11.3 Å². The summed E-state index contributed by atoms with van der Waals surface area (Å²) >= 11 is 0. The lowest BCUT2D eigenvalue weighted by Crippen LogP contribution is -2.35. The molecule has 21 heavy (non-hydrogen) atoms. The Kier molecular flexibility index (Phi) is 4.71. The lowest BCUT2D eigenvalue weighted by atomic mass is 10.1. The van der Waals surface area contributed by atoms with Gasteiger partial charge < -0.3 is 10.0 Å². The number of rotatable bonds is 6. The van der Waals surface area contributed by atoms with Crippen molar-refractivity contribution in [2.24, 2.45) is 0 Å². The van der Waals surface area contributed by atoms with Crippen LogP contribution < -0.4 is 0 Å². The Morgan fingerprint density at radius 3 is 2.52 bits per heavy atom. The molecule has 1 N–H and O–H groups in total. The van der Waals surface area contributed by atoms with Crippen molar-refractivity contribution in [2.45, 2.75) is 13.5 Å². The summed E-state index contributed by atoms with van der Waals surface area (Å²) in [7, 11) is 0.